The number of aryl methyl sites for hydroxylation is 2. The van der Waals surface area contributed by atoms with Crippen molar-refractivity contribution in [2.45, 2.75) is 20.8 Å². The van der Waals surface area contributed by atoms with Crippen molar-refractivity contribution >= 4 is 33.9 Å². The first-order valence-corrected chi connectivity index (χ1v) is 7.22. The molecule has 0 spiro atoms. The zero-order chi connectivity index (χ0) is 14.7. The summed E-state index contributed by atoms with van der Waals surface area (Å²) in [5.41, 5.74) is 8.67. The summed E-state index contributed by atoms with van der Waals surface area (Å²) in [6, 6.07) is 5.88. The number of carbonyl (C=O) groups excluding carboxylic acids is 1. The molecule has 0 fully saturated rings. The number of carbonyl (C=O) groups is 1. The summed E-state index contributed by atoms with van der Waals surface area (Å²) in [6.45, 7) is 6.63. The van der Waals surface area contributed by atoms with Crippen LogP contribution in [0, 0.1) is 13.8 Å². The van der Waals surface area contributed by atoms with E-state index in [0.29, 0.717) is 10.0 Å². The highest BCUT2D eigenvalue weighted by atomic mass is 32.1. The van der Waals surface area contributed by atoms with Gasteiger partial charge in [-0.2, -0.15) is 0 Å². The average Bonchev–Trinajstić information content (AvgIpc) is 2.75. The molecule has 0 aliphatic rings. The SMILES string of the molecule is CCNc1nc(N)c(C(=O)Nc2c(C)cccc2C)s1. The summed E-state index contributed by atoms with van der Waals surface area (Å²) < 4.78 is 0. The summed E-state index contributed by atoms with van der Waals surface area (Å²) in [5, 5.41) is 6.64. The van der Waals surface area contributed by atoms with Gasteiger partial charge in [0.2, 0.25) is 0 Å². The van der Waals surface area contributed by atoms with E-state index >= 15 is 0 Å². The summed E-state index contributed by atoms with van der Waals surface area (Å²) in [7, 11) is 0. The van der Waals surface area contributed by atoms with Gasteiger partial charge in [-0.1, -0.05) is 29.5 Å². The number of thiazole rings is 1. The standard InChI is InChI=1S/C14H18N4OS/c1-4-16-14-18-12(15)11(20-14)13(19)17-10-8(2)6-5-7-9(10)3/h5-7H,4,15H2,1-3H3,(H,16,18)(H,17,19). The molecule has 5 nitrogen and oxygen atoms in total. The van der Waals surface area contributed by atoms with E-state index in [1.165, 1.54) is 11.3 Å². The van der Waals surface area contributed by atoms with Gasteiger partial charge in [0.25, 0.3) is 5.91 Å². The fraction of sp³-hybridized carbons (Fsp3) is 0.286. The Morgan fingerprint density at radius 3 is 2.60 bits per heavy atom. The highest BCUT2D eigenvalue weighted by Crippen LogP contribution is 2.27. The van der Waals surface area contributed by atoms with Gasteiger partial charge in [-0.25, -0.2) is 4.98 Å². The Morgan fingerprint density at radius 1 is 1.35 bits per heavy atom. The fourth-order valence-corrected chi connectivity index (χ4v) is 2.75. The highest BCUT2D eigenvalue weighted by Gasteiger charge is 2.17. The van der Waals surface area contributed by atoms with Gasteiger partial charge >= 0.3 is 0 Å². The van der Waals surface area contributed by atoms with Gasteiger partial charge in [0, 0.05) is 12.2 Å². The quantitative estimate of drug-likeness (QED) is 0.808. The molecule has 2 rings (SSSR count). The van der Waals surface area contributed by atoms with Crippen molar-refractivity contribution in [1.29, 1.82) is 0 Å². The van der Waals surface area contributed by atoms with Crippen LogP contribution in [-0.2, 0) is 0 Å². The number of amides is 1. The van der Waals surface area contributed by atoms with Crippen LogP contribution in [0.5, 0.6) is 0 Å². The number of para-hydroxylation sites is 1. The van der Waals surface area contributed by atoms with Gasteiger partial charge < -0.3 is 16.4 Å². The summed E-state index contributed by atoms with van der Waals surface area (Å²) in [6.07, 6.45) is 0. The lowest BCUT2D eigenvalue weighted by Crippen LogP contribution is -2.14. The van der Waals surface area contributed by atoms with E-state index in [2.05, 4.69) is 15.6 Å². The Labute approximate surface area is 122 Å². The number of nitrogens with zero attached hydrogens (tertiary/aromatic N) is 1. The molecular weight excluding hydrogens is 272 g/mol. The molecule has 6 heteroatoms. The molecule has 1 amide bonds. The van der Waals surface area contributed by atoms with Crippen LogP contribution >= 0.6 is 11.3 Å². The van der Waals surface area contributed by atoms with Crippen LogP contribution in [0.2, 0.25) is 0 Å². The van der Waals surface area contributed by atoms with Crippen molar-refractivity contribution in [2.75, 3.05) is 22.9 Å². The van der Waals surface area contributed by atoms with Crippen molar-refractivity contribution < 1.29 is 4.79 Å². The molecule has 1 aromatic carbocycles. The monoisotopic (exact) mass is 290 g/mol. The van der Waals surface area contributed by atoms with Gasteiger partial charge in [0.15, 0.2) is 5.13 Å². The lowest BCUT2D eigenvalue weighted by atomic mass is 10.1. The molecule has 0 saturated carbocycles. The number of nitrogens with one attached hydrogen (secondary N) is 2. The number of aromatic nitrogens is 1. The number of rotatable bonds is 4. The minimum atomic E-state index is -0.221. The maximum atomic E-state index is 12.3. The van der Waals surface area contributed by atoms with Crippen LogP contribution in [0.4, 0.5) is 16.6 Å². The number of nitrogens with two attached hydrogens (primary N) is 1. The van der Waals surface area contributed by atoms with Crippen molar-refractivity contribution in [3.63, 3.8) is 0 Å². The van der Waals surface area contributed by atoms with E-state index in [1.807, 2.05) is 39.0 Å². The van der Waals surface area contributed by atoms with Crippen molar-refractivity contribution in [3.05, 3.63) is 34.2 Å². The first-order valence-electron chi connectivity index (χ1n) is 6.40. The molecule has 0 radical (unpaired) electrons. The summed E-state index contributed by atoms with van der Waals surface area (Å²) in [5.74, 6) is 0.0382. The van der Waals surface area contributed by atoms with E-state index in [0.717, 1.165) is 23.4 Å². The minimum absolute atomic E-state index is 0.221. The smallest absolute Gasteiger partial charge is 0.269 e. The minimum Gasteiger partial charge on any atom is -0.382 e. The molecule has 0 atom stereocenters. The third kappa shape index (κ3) is 2.91. The zero-order valence-electron chi connectivity index (χ0n) is 11.8. The topological polar surface area (TPSA) is 80.0 Å². The van der Waals surface area contributed by atoms with Crippen LogP contribution in [0.15, 0.2) is 18.2 Å². The van der Waals surface area contributed by atoms with Crippen molar-refractivity contribution in [2.24, 2.45) is 0 Å². The second kappa shape index (κ2) is 5.92. The summed E-state index contributed by atoms with van der Waals surface area (Å²) >= 11 is 1.26. The predicted molar refractivity (Wildman–Crippen MR) is 84.6 cm³/mol. The normalized spacial score (nSPS) is 10.3. The first-order chi connectivity index (χ1) is 9.52. The second-order valence-corrected chi connectivity index (χ2v) is 5.48. The van der Waals surface area contributed by atoms with E-state index < -0.39 is 0 Å². The number of hydrogen-bond donors (Lipinski definition) is 3. The Kier molecular flexibility index (Phi) is 4.24. The third-order valence-corrected chi connectivity index (χ3v) is 3.93. The lowest BCUT2D eigenvalue weighted by molar-refractivity contribution is 0.103. The molecular formula is C14H18N4OS. The highest BCUT2D eigenvalue weighted by molar-refractivity contribution is 7.18. The predicted octanol–water partition coefficient (Wildman–Crippen LogP) is 3.03. The molecule has 1 aromatic heterocycles. The van der Waals surface area contributed by atoms with Gasteiger partial charge in [-0.05, 0) is 31.9 Å². The van der Waals surface area contributed by atoms with Crippen LogP contribution < -0.4 is 16.4 Å². The Morgan fingerprint density at radius 2 is 2.00 bits per heavy atom. The Bertz CT molecular complexity index is 616. The molecule has 20 heavy (non-hydrogen) atoms. The van der Waals surface area contributed by atoms with Crippen LogP contribution in [0.25, 0.3) is 0 Å². The number of hydrogen-bond acceptors (Lipinski definition) is 5. The second-order valence-electron chi connectivity index (χ2n) is 4.48. The molecule has 106 valence electrons. The molecule has 0 saturated heterocycles. The number of benzene rings is 1. The number of nitrogen functional groups attached to an aromatic ring is 1. The van der Waals surface area contributed by atoms with Crippen molar-refractivity contribution in [1.82, 2.24) is 4.98 Å². The lowest BCUT2D eigenvalue weighted by Gasteiger charge is -2.10. The largest absolute Gasteiger partial charge is 0.382 e. The summed E-state index contributed by atoms with van der Waals surface area (Å²) in [4.78, 5) is 16.9. The molecule has 2 aromatic rings. The van der Waals surface area contributed by atoms with E-state index in [4.69, 9.17) is 5.73 Å². The van der Waals surface area contributed by atoms with Gasteiger partial charge in [0.1, 0.15) is 10.7 Å². The van der Waals surface area contributed by atoms with Crippen molar-refractivity contribution in [3.8, 4) is 0 Å². The molecule has 0 unspecified atom stereocenters. The van der Waals surface area contributed by atoms with Gasteiger partial charge in [0.05, 0.1) is 0 Å². The van der Waals surface area contributed by atoms with Gasteiger partial charge in [-0.15, -0.1) is 0 Å². The van der Waals surface area contributed by atoms with E-state index in [-0.39, 0.29) is 11.7 Å². The average molecular weight is 290 g/mol. The molecule has 0 aliphatic carbocycles. The fourth-order valence-electron chi connectivity index (χ4n) is 1.90. The van der Waals surface area contributed by atoms with E-state index in [9.17, 15) is 4.79 Å². The van der Waals surface area contributed by atoms with Crippen LogP contribution in [0.1, 0.15) is 27.7 Å². The van der Waals surface area contributed by atoms with Gasteiger partial charge in [-0.3, -0.25) is 4.79 Å². The molecule has 0 aliphatic heterocycles. The zero-order valence-corrected chi connectivity index (χ0v) is 12.6. The number of anilines is 3. The van der Waals surface area contributed by atoms with Crippen LogP contribution in [0.3, 0.4) is 0 Å². The Balaban J connectivity index is 2.24. The molecule has 4 N–H and O–H groups in total. The maximum Gasteiger partial charge on any atom is 0.269 e. The van der Waals surface area contributed by atoms with Crippen LogP contribution in [-0.4, -0.2) is 17.4 Å². The molecule has 1 heterocycles. The molecule has 0 bridgehead atoms. The Hall–Kier alpha value is -2.08. The maximum absolute atomic E-state index is 12.3. The first kappa shape index (κ1) is 14.3. The third-order valence-electron chi connectivity index (χ3n) is 2.91. The van der Waals surface area contributed by atoms with E-state index in [1.54, 1.807) is 0 Å².